The van der Waals surface area contributed by atoms with E-state index in [1.54, 1.807) is 21.1 Å². The van der Waals surface area contributed by atoms with Crippen LogP contribution in [-0.4, -0.2) is 48.9 Å². The van der Waals surface area contributed by atoms with Crippen LogP contribution in [0.2, 0.25) is 0 Å². The van der Waals surface area contributed by atoms with Crippen LogP contribution in [0.5, 0.6) is 0 Å². The van der Waals surface area contributed by atoms with Crippen molar-refractivity contribution in [3.05, 3.63) is 35.9 Å². The molecule has 140 valence electrons. The van der Waals surface area contributed by atoms with E-state index in [0.717, 1.165) is 5.56 Å². The van der Waals surface area contributed by atoms with Crippen LogP contribution in [0, 0.1) is 5.41 Å². The van der Waals surface area contributed by atoms with Crippen LogP contribution in [0.15, 0.2) is 30.3 Å². The lowest BCUT2D eigenvalue weighted by Crippen LogP contribution is -2.55. The van der Waals surface area contributed by atoms with Gasteiger partial charge in [-0.05, 0) is 11.0 Å². The van der Waals surface area contributed by atoms with Gasteiger partial charge in [0.1, 0.15) is 0 Å². The number of thiocarbonyl (C=S) groups is 1. The van der Waals surface area contributed by atoms with Gasteiger partial charge in [0.25, 0.3) is 0 Å². The van der Waals surface area contributed by atoms with E-state index in [1.807, 2.05) is 35.2 Å². The van der Waals surface area contributed by atoms with Crippen molar-refractivity contribution in [3.8, 4) is 0 Å². The van der Waals surface area contributed by atoms with E-state index in [2.05, 4.69) is 26.1 Å². The van der Waals surface area contributed by atoms with Gasteiger partial charge in [0.05, 0.1) is 17.6 Å². The van der Waals surface area contributed by atoms with Crippen molar-refractivity contribution in [2.45, 2.75) is 46.6 Å². The summed E-state index contributed by atoms with van der Waals surface area (Å²) in [5, 5.41) is 3.20. The lowest BCUT2D eigenvalue weighted by Gasteiger charge is -2.40. The zero-order valence-corrected chi connectivity index (χ0v) is 16.9. The maximum Gasteiger partial charge on any atom is 0.220 e. The standard InChI is InChI=1S/C19H30N2O3S/c1-14(22)21(13-15-10-8-7-9-11-15)17(19(2,3)4)18(25)20-12-16(23-5)24-6/h7-11,16-17H,12-13H2,1-6H3,(H,20,25). The lowest BCUT2D eigenvalue weighted by molar-refractivity contribution is -0.132. The number of hydrogen-bond donors (Lipinski definition) is 1. The van der Waals surface area contributed by atoms with Crippen molar-refractivity contribution in [2.24, 2.45) is 5.41 Å². The van der Waals surface area contributed by atoms with Gasteiger partial charge >= 0.3 is 0 Å². The molecule has 1 aromatic rings. The van der Waals surface area contributed by atoms with Gasteiger partial charge in [-0.1, -0.05) is 63.3 Å². The van der Waals surface area contributed by atoms with E-state index in [0.29, 0.717) is 18.1 Å². The number of nitrogens with one attached hydrogen (secondary N) is 1. The minimum absolute atomic E-state index is 0.0111. The maximum atomic E-state index is 12.4. The second-order valence-electron chi connectivity index (χ2n) is 7.05. The summed E-state index contributed by atoms with van der Waals surface area (Å²) in [5.41, 5.74) is 0.849. The Bertz CT molecular complexity index is 554. The summed E-state index contributed by atoms with van der Waals surface area (Å²) in [6.07, 6.45) is -0.390. The molecule has 0 aliphatic rings. The van der Waals surface area contributed by atoms with Gasteiger partial charge in [-0.2, -0.15) is 0 Å². The topological polar surface area (TPSA) is 50.8 Å². The predicted octanol–water partition coefficient (Wildman–Crippen LogP) is 2.99. The molecule has 25 heavy (non-hydrogen) atoms. The fourth-order valence-corrected chi connectivity index (χ4v) is 3.27. The highest BCUT2D eigenvalue weighted by Crippen LogP contribution is 2.27. The average Bonchev–Trinajstić information content (AvgIpc) is 2.54. The Kier molecular flexibility index (Phi) is 8.48. The Morgan fingerprint density at radius 2 is 1.76 bits per heavy atom. The summed E-state index contributed by atoms with van der Waals surface area (Å²) >= 11 is 5.63. The molecule has 0 bridgehead atoms. The first-order valence-electron chi connectivity index (χ1n) is 8.35. The molecule has 0 radical (unpaired) electrons. The number of amides is 1. The second kappa shape index (κ2) is 9.85. The Labute approximate surface area is 156 Å². The molecule has 0 fully saturated rings. The zero-order chi connectivity index (χ0) is 19.0. The molecule has 1 rings (SSSR count). The molecule has 0 spiro atoms. The van der Waals surface area contributed by atoms with Crippen LogP contribution in [0.3, 0.4) is 0 Å². The fourth-order valence-electron chi connectivity index (χ4n) is 2.71. The van der Waals surface area contributed by atoms with E-state index in [9.17, 15) is 4.79 Å². The molecular weight excluding hydrogens is 336 g/mol. The van der Waals surface area contributed by atoms with Gasteiger partial charge < -0.3 is 19.7 Å². The molecule has 1 aromatic carbocycles. The third-order valence-electron chi connectivity index (χ3n) is 3.95. The van der Waals surface area contributed by atoms with Gasteiger partial charge in [-0.25, -0.2) is 0 Å². The molecular formula is C19H30N2O3S. The summed E-state index contributed by atoms with van der Waals surface area (Å²) in [6.45, 7) is 8.76. The van der Waals surface area contributed by atoms with Crippen molar-refractivity contribution >= 4 is 23.1 Å². The molecule has 0 saturated carbocycles. The number of methoxy groups -OCH3 is 2. The number of rotatable bonds is 8. The number of carbonyl (C=O) groups is 1. The monoisotopic (exact) mass is 366 g/mol. The van der Waals surface area contributed by atoms with E-state index in [4.69, 9.17) is 21.7 Å². The largest absolute Gasteiger partial charge is 0.373 e. The Hall–Kier alpha value is -1.50. The minimum atomic E-state index is -0.390. The van der Waals surface area contributed by atoms with Crippen molar-refractivity contribution < 1.29 is 14.3 Å². The highest BCUT2D eigenvalue weighted by molar-refractivity contribution is 7.80. The highest BCUT2D eigenvalue weighted by Gasteiger charge is 2.35. The molecule has 0 aliphatic heterocycles. The van der Waals surface area contributed by atoms with Crippen LogP contribution < -0.4 is 5.32 Å². The molecule has 1 atom stereocenters. The van der Waals surface area contributed by atoms with E-state index >= 15 is 0 Å². The molecule has 0 aromatic heterocycles. The van der Waals surface area contributed by atoms with Crippen molar-refractivity contribution in [2.75, 3.05) is 20.8 Å². The number of ether oxygens (including phenoxy) is 2. The predicted molar refractivity (Wildman–Crippen MR) is 104 cm³/mol. The Morgan fingerprint density at radius 3 is 2.20 bits per heavy atom. The number of nitrogens with zero attached hydrogens (tertiary/aromatic N) is 1. The van der Waals surface area contributed by atoms with Crippen LogP contribution in [-0.2, 0) is 20.8 Å². The summed E-state index contributed by atoms with van der Waals surface area (Å²) in [6, 6.07) is 9.69. The smallest absolute Gasteiger partial charge is 0.220 e. The molecule has 0 heterocycles. The van der Waals surface area contributed by atoms with Gasteiger partial charge in [0.2, 0.25) is 5.91 Å². The van der Waals surface area contributed by atoms with Gasteiger partial charge in [-0.15, -0.1) is 0 Å². The molecule has 6 heteroatoms. The minimum Gasteiger partial charge on any atom is -0.373 e. The maximum absolute atomic E-state index is 12.4. The summed E-state index contributed by atoms with van der Waals surface area (Å²) in [4.78, 5) is 14.8. The van der Waals surface area contributed by atoms with Gasteiger partial charge in [0.15, 0.2) is 6.29 Å². The number of carbonyl (C=O) groups excluding carboxylic acids is 1. The summed E-state index contributed by atoms with van der Waals surface area (Å²) < 4.78 is 10.4. The quantitative estimate of drug-likeness (QED) is 0.566. The molecule has 5 nitrogen and oxygen atoms in total. The second-order valence-corrected chi connectivity index (χ2v) is 7.49. The van der Waals surface area contributed by atoms with Crippen LogP contribution in [0.25, 0.3) is 0 Å². The third-order valence-corrected chi connectivity index (χ3v) is 4.32. The van der Waals surface area contributed by atoms with E-state index < -0.39 is 6.29 Å². The van der Waals surface area contributed by atoms with E-state index in [-0.39, 0.29) is 17.4 Å². The third kappa shape index (κ3) is 6.72. The first kappa shape index (κ1) is 21.5. The fraction of sp³-hybridized carbons (Fsp3) is 0.579. The molecule has 0 aliphatic carbocycles. The SMILES string of the molecule is COC(CNC(=S)C(N(Cc1ccccc1)C(C)=O)C(C)(C)C)OC. The van der Waals surface area contributed by atoms with Crippen LogP contribution in [0.1, 0.15) is 33.3 Å². The molecule has 1 amide bonds. The van der Waals surface area contributed by atoms with Gasteiger partial charge in [0, 0.05) is 27.7 Å². The molecule has 1 N–H and O–H groups in total. The van der Waals surface area contributed by atoms with Crippen molar-refractivity contribution in [1.29, 1.82) is 0 Å². The normalized spacial score (nSPS) is 12.8. The lowest BCUT2D eigenvalue weighted by atomic mass is 9.85. The molecule has 0 saturated heterocycles. The Balaban J connectivity index is 3.00. The summed E-state index contributed by atoms with van der Waals surface area (Å²) in [5.74, 6) is -0.0111. The van der Waals surface area contributed by atoms with E-state index in [1.165, 1.54) is 0 Å². The zero-order valence-electron chi connectivity index (χ0n) is 16.0. The number of benzene rings is 1. The Morgan fingerprint density at radius 1 is 1.20 bits per heavy atom. The number of hydrogen-bond acceptors (Lipinski definition) is 4. The van der Waals surface area contributed by atoms with Crippen molar-refractivity contribution in [3.63, 3.8) is 0 Å². The van der Waals surface area contributed by atoms with Crippen molar-refractivity contribution in [1.82, 2.24) is 10.2 Å². The van der Waals surface area contributed by atoms with Gasteiger partial charge in [-0.3, -0.25) is 4.79 Å². The van der Waals surface area contributed by atoms with Crippen LogP contribution >= 0.6 is 12.2 Å². The molecule has 1 unspecified atom stereocenters. The first-order chi connectivity index (χ1) is 11.7. The average molecular weight is 367 g/mol. The van der Waals surface area contributed by atoms with Crippen LogP contribution in [0.4, 0.5) is 0 Å². The highest BCUT2D eigenvalue weighted by atomic mass is 32.1. The first-order valence-corrected chi connectivity index (χ1v) is 8.76. The summed E-state index contributed by atoms with van der Waals surface area (Å²) in [7, 11) is 3.16.